The van der Waals surface area contributed by atoms with E-state index in [0.29, 0.717) is 12.2 Å². The summed E-state index contributed by atoms with van der Waals surface area (Å²) in [5, 5.41) is -0.412. The molecule has 3 heterocycles. The molecule has 0 aliphatic carbocycles. The number of β-lactam (4-membered cyclic amide) rings is 1. The predicted octanol–water partition coefficient (Wildman–Crippen LogP) is 1.42. The highest BCUT2D eigenvalue weighted by molar-refractivity contribution is 8.00. The first-order valence-corrected chi connectivity index (χ1v) is 9.39. The van der Waals surface area contributed by atoms with Crippen molar-refractivity contribution >= 4 is 35.5 Å². The van der Waals surface area contributed by atoms with Gasteiger partial charge in [0.05, 0.1) is 0 Å². The van der Waals surface area contributed by atoms with Crippen molar-refractivity contribution in [2.24, 2.45) is 0 Å². The maximum atomic E-state index is 12.7. The van der Waals surface area contributed by atoms with Gasteiger partial charge in [0, 0.05) is 18.6 Å². The van der Waals surface area contributed by atoms with E-state index in [-0.39, 0.29) is 36.3 Å². The number of carbonyl (C=O) groups excluding carboxylic acids is 4. The highest BCUT2D eigenvalue weighted by Gasteiger charge is 2.58. The molecule has 0 aromatic rings. The summed E-state index contributed by atoms with van der Waals surface area (Å²) in [5.74, 6) is -0.991. The van der Waals surface area contributed by atoms with Crippen molar-refractivity contribution < 1.29 is 23.9 Å². The average molecular weight is 366 g/mol. The zero-order valence-corrected chi connectivity index (χ0v) is 15.6. The van der Waals surface area contributed by atoms with Gasteiger partial charge in [-0.15, -0.1) is 11.8 Å². The van der Waals surface area contributed by atoms with Crippen LogP contribution >= 0.6 is 11.8 Å². The first kappa shape index (κ1) is 18.0. The van der Waals surface area contributed by atoms with Crippen molar-refractivity contribution in [1.29, 1.82) is 0 Å². The van der Waals surface area contributed by atoms with Crippen molar-refractivity contribution in [1.82, 2.24) is 9.80 Å². The number of rotatable bonds is 2. The minimum Gasteiger partial charge on any atom is -0.455 e. The number of likely N-dealkylation sites (tertiary alicyclic amines) is 1. The number of amides is 3. The van der Waals surface area contributed by atoms with E-state index < -0.39 is 23.0 Å². The molecule has 0 aromatic heterocycles. The summed E-state index contributed by atoms with van der Waals surface area (Å²) in [7, 11) is 0. The molecule has 136 valence electrons. The van der Waals surface area contributed by atoms with Crippen molar-refractivity contribution in [3.05, 3.63) is 11.3 Å². The van der Waals surface area contributed by atoms with Crippen LogP contribution in [-0.4, -0.2) is 56.3 Å². The molecule has 0 bridgehead atoms. The smallest absolute Gasteiger partial charge is 0.355 e. The first-order valence-electron chi connectivity index (χ1n) is 8.34. The molecule has 7 nitrogen and oxygen atoms in total. The van der Waals surface area contributed by atoms with Gasteiger partial charge in [-0.2, -0.15) is 0 Å². The lowest BCUT2D eigenvalue weighted by Crippen LogP contribution is -2.72. The molecule has 0 spiro atoms. The molecule has 3 aliphatic heterocycles. The molecule has 8 heteroatoms. The van der Waals surface area contributed by atoms with Gasteiger partial charge >= 0.3 is 5.97 Å². The van der Waals surface area contributed by atoms with Crippen molar-refractivity contribution in [2.75, 3.05) is 5.75 Å². The Bertz CT molecular complexity index is 678. The van der Waals surface area contributed by atoms with Gasteiger partial charge in [0.2, 0.25) is 11.8 Å². The molecule has 1 unspecified atom stereocenters. The maximum absolute atomic E-state index is 12.7. The van der Waals surface area contributed by atoms with Gasteiger partial charge in [-0.1, -0.05) is 0 Å². The second-order valence-corrected chi connectivity index (χ2v) is 8.60. The fraction of sp³-hybridized carbons (Fsp3) is 0.647. The van der Waals surface area contributed by atoms with Gasteiger partial charge in [0.25, 0.3) is 5.91 Å². The number of esters is 1. The van der Waals surface area contributed by atoms with Crippen LogP contribution in [0.15, 0.2) is 11.3 Å². The van der Waals surface area contributed by atoms with E-state index in [1.807, 2.05) is 0 Å². The monoisotopic (exact) mass is 366 g/mol. The molecule has 0 saturated carbocycles. The average Bonchev–Trinajstić information content (AvgIpc) is 2.49. The van der Waals surface area contributed by atoms with Gasteiger partial charge in [0.15, 0.2) is 0 Å². The lowest BCUT2D eigenvalue weighted by Gasteiger charge is -2.52. The van der Waals surface area contributed by atoms with E-state index in [9.17, 15) is 19.2 Å². The molecule has 3 aliphatic rings. The van der Waals surface area contributed by atoms with E-state index >= 15 is 0 Å². The lowest BCUT2D eigenvalue weighted by molar-refractivity contribution is -0.169. The second-order valence-electron chi connectivity index (χ2n) is 7.50. The second kappa shape index (κ2) is 6.16. The molecule has 2 saturated heterocycles. The number of imide groups is 1. The quantitative estimate of drug-likeness (QED) is 0.418. The summed E-state index contributed by atoms with van der Waals surface area (Å²) in [6.45, 7) is 7.09. The summed E-state index contributed by atoms with van der Waals surface area (Å²) < 4.78 is 5.42. The summed E-state index contributed by atoms with van der Waals surface area (Å²) in [5.41, 5.74) is 0.340. The van der Waals surface area contributed by atoms with Gasteiger partial charge < -0.3 is 4.74 Å². The molecule has 0 radical (unpaired) electrons. The van der Waals surface area contributed by atoms with E-state index in [0.717, 1.165) is 10.5 Å². The standard InChI is InChI=1S/C17H22N2O5S/c1-9-8-25-15-13(18-10(20)6-5-7-11(18)21)14(22)19(15)12(9)16(23)24-17(2,3)4/h13,15H,5-8H2,1-4H3/t13?,15-/m1/s1. The molecule has 0 aromatic carbocycles. The fourth-order valence-corrected chi connectivity index (χ4v) is 4.59. The number of ether oxygens (including phenoxy) is 1. The zero-order chi connectivity index (χ0) is 18.5. The van der Waals surface area contributed by atoms with Crippen LogP contribution in [0.3, 0.4) is 0 Å². The molecular weight excluding hydrogens is 344 g/mol. The molecule has 2 fully saturated rings. The highest BCUT2D eigenvalue weighted by Crippen LogP contribution is 2.43. The van der Waals surface area contributed by atoms with Crippen LogP contribution in [0.2, 0.25) is 0 Å². The van der Waals surface area contributed by atoms with Crippen LogP contribution in [0, 0.1) is 0 Å². The molecule has 3 rings (SSSR count). The Morgan fingerprint density at radius 2 is 1.72 bits per heavy atom. The number of nitrogens with zero attached hydrogens (tertiary/aromatic N) is 2. The van der Waals surface area contributed by atoms with Crippen LogP contribution in [0.4, 0.5) is 0 Å². The summed E-state index contributed by atoms with van der Waals surface area (Å²) >= 11 is 1.46. The van der Waals surface area contributed by atoms with Crippen molar-refractivity contribution in [3.63, 3.8) is 0 Å². The molecule has 0 N–H and O–H groups in total. The van der Waals surface area contributed by atoms with Crippen molar-refractivity contribution in [2.45, 2.75) is 64.0 Å². The van der Waals surface area contributed by atoms with Gasteiger partial charge in [0.1, 0.15) is 22.7 Å². The summed E-state index contributed by atoms with van der Waals surface area (Å²) in [4.78, 5) is 52.1. The summed E-state index contributed by atoms with van der Waals surface area (Å²) in [6, 6.07) is -0.809. The van der Waals surface area contributed by atoms with E-state index in [2.05, 4.69) is 0 Å². The Labute approximate surface area is 150 Å². The zero-order valence-electron chi connectivity index (χ0n) is 14.8. The predicted molar refractivity (Wildman–Crippen MR) is 91.1 cm³/mol. The number of fused-ring (bicyclic) bond motifs is 1. The normalized spacial score (nSPS) is 27.3. The number of hydrogen-bond acceptors (Lipinski definition) is 6. The van der Waals surface area contributed by atoms with Gasteiger partial charge in [-0.3, -0.25) is 24.2 Å². The number of carbonyl (C=O) groups is 4. The van der Waals surface area contributed by atoms with Gasteiger partial charge in [-0.05, 0) is 39.7 Å². The number of piperidine rings is 1. The Balaban J connectivity index is 1.85. The Hall–Kier alpha value is -1.83. The van der Waals surface area contributed by atoms with Crippen LogP contribution in [0.5, 0.6) is 0 Å². The number of thioether (sulfide) groups is 1. The minimum atomic E-state index is -0.809. The van der Waals surface area contributed by atoms with Crippen LogP contribution in [-0.2, 0) is 23.9 Å². The third-order valence-electron chi connectivity index (χ3n) is 4.32. The highest BCUT2D eigenvalue weighted by atomic mass is 32.2. The Morgan fingerprint density at radius 1 is 1.12 bits per heavy atom. The fourth-order valence-electron chi connectivity index (χ4n) is 3.25. The van der Waals surface area contributed by atoms with E-state index in [1.54, 1.807) is 27.7 Å². The van der Waals surface area contributed by atoms with Crippen LogP contribution in [0.25, 0.3) is 0 Å². The SMILES string of the molecule is CC1=C(C(=O)OC(C)(C)C)N2C(=O)C(N3C(=O)CCCC3=O)[C@H]2SC1. The largest absolute Gasteiger partial charge is 0.455 e. The molecule has 25 heavy (non-hydrogen) atoms. The third-order valence-corrected chi connectivity index (χ3v) is 5.73. The maximum Gasteiger partial charge on any atom is 0.355 e. The van der Waals surface area contributed by atoms with E-state index in [4.69, 9.17) is 4.74 Å². The minimum absolute atomic E-state index is 0.247. The molecule has 3 amide bonds. The number of hydrogen-bond donors (Lipinski definition) is 0. The summed E-state index contributed by atoms with van der Waals surface area (Å²) in [6.07, 6.45) is 1.08. The topological polar surface area (TPSA) is 84.0 Å². The third kappa shape index (κ3) is 3.07. The van der Waals surface area contributed by atoms with E-state index in [1.165, 1.54) is 16.7 Å². The Kier molecular flexibility index (Phi) is 4.43. The van der Waals surface area contributed by atoms with Crippen molar-refractivity contribution in [3.8, 4) is 0 Å². The lowest BCUT2D eigenvalue weighted by atomic mass is 9.98. The molecule has 2 atom stereocenters. The van der Waals surface area contributed by atoms with Crippen LogP contribution < -0.4 is 0 Å². The van der Waals surface area contributed by atoms with Crippen LogP contribution in [0.1, 0.15) is 47.0 Å². The Morgan fingerprint density at radius 3 is 2.28 bits per heavy atom. The first-order chi connectivity index (χ1) is 11.6. The van der Waals surface area contributed by atoms with Gasteiger partial charge in [-0.25, -0.2) is 4.79 Å². The molecular formula is C17H22N2O5S.